The lowest BCUT2D eigenvalue weighted by molar-refractivity contribution is 0.0792. The fourth-order valence-corrected chi connectivity index (χ4v) is 5.85. The summed E-state index contributed by atoms with van der Waals surface area (Å²) in [5, 5.41) is 4.89. The second-order valence-corrected chi connectivity index (χ2v) is 8.88. The largest absolute Gasteiger partial charge is 0.354 e. The van der Waals surface area contributed by atoms with Crippen molar-refractivity contribution in [2.24, 2.45) is 7.05 Å². The summed E-state index contributed by atoms with van der Waals surface area (Å²) in [5.41, 5.74) is 2.89. The first kappa shape index (κ1) is 18.9. The van der Waals surface area contributed by atoms with Crippen molar-refractivity contribution in [2.75, 3.05) is 20.1 Å². The van der Waals surface area contributed by atoms with E-state index in [1.807, 2.05) is 59.1 Å². The predicted molar refractivity (Wildman–Crippen MR) is 121 cm³/mol. The molecule has 4 aromatic rings. The van der Waals surface area contributed by atoms with Crippen LogP contribution in [-0.2, 0) is 7.05 Å². The van der Waals surface area contributed by atoms with E-state index in [1.54, 1.807) is 7.05 Å². The highest BCUT2D eigenvalue weighted by molar-refractivity contribution is 7.21. The smallest absolute Gasteiger partial charge is 0.261 e. The van der Waals surface area contributed by atoms with E-state index in [2.05, 4.69) is 17.4 Å². The third kappa shape index (κ3) is 2.91. The number of para-hydroxylation sites is 1. The second-order valence-electron chi connectivity index (χ2n) is 7.83. The number of fused-ring (bicyclic) bond motifs is 2. The number of hydrogen-bond acceptors (Lipinski definition) is 3. The molecule has 1 atom stereocenters. The van der Waals surface area contributed by atoms with Gasteiger partial charge in [0.15, 0.2) is 0 Å². The van der Waals surface area contributed by atoms with Crippen LogP contribution < -0.4 is 5.32 Å². The van der Waals surface area contributed by atoms with Gasteiger partial charge in [-0.05, 0) is 29.5 Å². The highest BCUT2D eigenvalue weighted by atomic mass is 32.1. The van der Waals surface area contributed by atoms with Crippen LogP contribution in [0.25, 0.3) is 21.0 Å². The summed E-state index contributed by atoms with van der Waals surface area (Å²) in [4.78, 5) is 28.6. The van der Waals surface area contributed by atoms with Crippen LogP contribution in [0.5, 0.6) is 0 Å². The molecular formula is C24H23N3O2S. The second kappa shape index (κ2) is 7.29. The average molecular weight is 418 g/mol. The van der Waals surface area contributed by atoms with Gasteiger partial charge in [0.1, 0.15) is 0 Å². The van der Waals surface area contributed by atoms with Crippen molar-refractivity contribution in [3.05, 3.63) is 70.7 Å². The van der Waals surface area contributed by atoms with Crippen LogP contribution in [-0.4, -0.2) is 41.4 Å². The molecule has 0 saturated carbocycles. The topological polar surface area (TPSA) is 54.3 Å². The highest BCUT2D eigenvalue weighted by Crippen LogP contribution is 2.40. The Labute approximate surface area is 178 Å². The molecule has 1 aliphatic heterocycles. The standard InChI is InChI=1S/C24H23N3O2S/c1-25-23(28)22-21(17-8-4-6-10-20(17)30-22)15-11-12-27(13-15)24(29)18-14-26(2)19-9-5-3-7-16(18)19/h3-10,14-15H,11-13H2,1-2H3,(H,25,28)/t15-/m1/s1. The molecule has 1 saturated heterocycles. The molecular weight excluding hydrogens is 394 g/mol. The van der Waals surface area contributed by atoms with Gasteiger partial charge in [-0.2, -0.15) is 0 Å². The maximum absolute atomic E-state index is 13.4. The van der Waals surface area contributed by atoms with Crippen LogP contribution in [0.15, 0.2) is 54.7 Å². The summed E-state index contributed by atoms with van der Waals surface area (Å²) in [6.07, 6.45) is 2.79. The van der Waals surface area contributed by atoms with Crippen LogP contribution in [0.3, 0.4) is 0 Å². The van der Waals surface area contributed by atoms with Gasteiger partial charge in [-0.1, -0.05) is 36.4 Å². The van der Waals surface area contributed by atoms with Crippen molar-refractivity contribution >= 4 is 44.1 Å². The molecule has 1 aliphatic rings. The molecule has 152 valence electrons. The normalized spacial score (nSPS) is 16.5. The Kier molecular flexibility index (Phi) is 4.59. The van der Waals surface area contributed by atoms with Gasteiger partial charge in [0.25, 0.3) is 11.8 Å². The predicted octanol–water partition coefficient (Wildman–Crippen LogP) is 4.38. The number of amides is 2. The molecule has 5 rings (SSSR count). The summed E-state index contributed by atoms with van der Waals surface area (Å²) < 4.78 is 3.12. The Hall–Kier alpha value is -3.12. The van der Waals surface area contributed by atoms with Gasteiger partial charge in [0.05, 0.1) is 10.4 Å². The van der Waals surface area contributed by atoms with Crippen molar-refractivity contribution in [1.29, 1.82) is 0 Å². The van der Waals surface area contributed by atoms with Gasteiger partial charge in [-0.15, -0.1) is 11.3 Å². The maximum Gasteiger partial charge on any atom is 0.261 e. The van der Waals surface area contributed by atoms with Crippen LogP contribution in [0.2, 0.25) is 0 Å². The lowest BCUT2D eigenvalue weighted by atomic mass is 9.95. The molecule has 0 aliphatic carbocycles. The number of benzene rings is 2. The molecule has 30 heavy (non-hydrogen) atoms. The number of nitrogens with zero attached hydrogens (tertiary/aromatic N) is 2. The number of nitrogens with one attached hydrogen (secondary N) is 1. The molecule has 0 bridgehead atoms. The molecule has 1 N–H and O–H groups in total. The first-order chi connectivity index (χ1) is 14.6. The van der Waals surface area contributed by atoms with E-state index >= 15 is 0 Å². The van der Waals surface area contributed by atoms with Crippen molar-refractivity contribution in [3.63, 3.8) is 0 Å². The summed E-state index contributed by atoms with van der Waals surface area (Å²) in [7, 11) is 3.64. The summed E-state index contributed by atoms with van der Waals surface area (Å²) in [5.74, 6) is 0.174. The zero-order chi connectivity index (χ0) is 20.8. The number of carbonyl (C=O) groups is 2. The van der Waals surface area contributed by atoms with Crippen molar-refractivity contribution in [2.45, 2.75) is 12.3 Å². The van der Waals surface area contributed by atoms with E-state index in [4.69, 9.17) is 0 Å². The average Bonchev–Trinajstić information content (AvgIpc) is 3.48. The van der Waals surface area contributed by atoms with Crippen LogP contribution >= 0.6 is 11.3 Å². The zero-order valence-electron chi connectivity index (χ0n) is 17.0. The maximum atomic E-state index is 13.4. The number of aromatic nitrogens is 1. The number of hydrogen-bond donors (Lipinski definition) is 1. The van der Waals surface area contributed by atoms with Gasteiger partial charge in [-0.25, -0.2) is 0 Å². The Bertz CT molecular complexity index is 1290. The van der Waals surface area contributed by atoms with Gasteiger partial charge >= 0.3 is 0 Å². The third-order valence-corrected chi connectivity index (χ3v) is 7.26. The van der Waals surface area contributed by atoms with E-state index in [0.29, 0.717) is 13.1 Å². The monoisotopic (exact) mass is 417 g/mol. The van der Waals surface area contributed by atoms with Crippen molar-refractivity contribution in [1.82, 2.24) is 14.8 Å². The van der Waals surface area contributed by atoms with Crippen LogP contribution in [0.4, 0.5) is 0 Å². The minimum Gasteiger partial charge on any atom is -0.354 e. The van der Waals surface area contributed by atoms with Crippen LogP contribution in [0.1, 0.15) is 37.9 Å². The fraction of sp³-hybridized carbons (Fsp3) is 0.250. The van der Waals surface area contributed by atoms with E-state index < -0.39 is 0 Å². The summed E-state index contributed by atoms with van der Waals surface area (Å²) >= 11 is 1.54. The van der Waals surface area contributed by atoms with E-state index in [0.717, 1.165) is 43.4 Å². The number of thiophene rings is 1. The van der Waals surface area contributed by atoms with E-state index in [9.17, 15) is 9.59 Å². The number of aryl methyl sites for hydroxylation is 1. The lowest BCUT2D eigenvalue weighted by Crippen LogP contribution is -2.28. The summed E-state index contributed by atoms with van der Waals surface area (Å²) in [6.45, 7) is 1.33. The molecule has 6 heteroatoms. The van der Waals surface area contributed by atoms with Gasteiger partial charge in [0, 0.05) is 54.9 Å². The first-order valence-electron chi connectivity index (χ1n) is 10.2. The number of carbonyl (C=O) groups excluding carboxylic acids is 2. The molecule has 5 nitrogen and oxygen atoms in total. The molecule has 1 fully saturated rings. The number of likely N-dealkylation sites (tertiary alicyclic amines) is 1. The van der Waals surface area contributed by atoms with Gasteiger partial charge < -0.3 is 14.8 Å². The molecule has 2 amide bonds. The molecule has 0 radical (unpaired) electrons. The summed E-state index contributed by atoms with van der Waals surface area (Å²) in [6, 6.07) is 16.2. The zero-order valence-corrected chi connectivity index (χ0v) is 17.8. The molecule has 3 heterocycles. The van der Waals surface area contributed by atoms with Crippen LogP contribution in [0, 0.1) is 0 Å². The van der Waals surface area contributed by atoms with Crippen molar-refractivity contribution < 1.29 is 9.59 Å². The fourth-order valence-electron chi connectivity index (χ4n) is 4.62. The third-order valence-electron chi connectivity index (χ3n) is 6.08. The SMILES string of the molecule is CNC(=O)c1sc2ccccc2c1[C@@H]1CCN(C(=O)c2cn(C)c3ccccc23)C1. The molecule has 2 aromatic carbocycles. The van der Waals surface area contributed by atoms with E-state index in [-0.39, 0.29) is 17.7 Å². The Morgan fingerprint density at radius 3 is 2.60 bits per heavy atom. The molecule has 2 aromatic heterocycles. The quantitative estimate of drug-likeness (QED) is 0.538. The lowest BCUT2D eigenvalue weighted by Gasteiger charge is -2.17. The van der Waals surface area contributed by atoms with Gasteiger partial charge in [0.2, 0.25) is 0 Å². The van der Waals surface area contributed by atoms with E-state index in [1.165, 1.54) is 11.3 Å². The minimum absolute atomic E-state index is 0.0509. The highest BCUT2D eigenvalue weighted by Gasteiger charge is 2.33. The minimum atomic E-state index is -0.0509. The molecule has 0 unspecified atom stereocenters. The van der Waals surface area contributed by atoms with Crippen molar-refractivity contribution in [3.8, 4) is 0 Å². The Balaban J connectivity index is 1.49. The number of rotatable bonds is 3. The van der Waals surface area contributed by atoms with Gasteiger partial charge in [-0.3, -0.25) is 9.59 Å². The Morgan fingerprint density at radius 2 is 1.80 bits per heavy atom. The Morgan fingerprint density at radius 1 is 1.07 bits per heavy atom. The molecule has 0 spiro atoms. The first-order valence-corrected chi connectivity index (χ1v) is 11.0.